The van der Waals surface area contributed by atoms with Crippen molar-refractivity contribution in [3.8, 4) is 0 Å². The molecule has 0 aliphatic carbocycles. The Labute approximate surface area is 105 Å². The number of nitrogens with zero attached hydrogens (tertiary/aromatic N) is 2. The Morgan fingerprint density at radius 3 is 2.65 bits per heavy atom. The molecule has 1 aliphatic rings. The maximum Gasteiger partial charge on any atom is 0.317 e. The minimum absolute atomic E-state index is 0.00967. The van der Waals surface area contributed by atoms with E-state index in [9.17, 15) is 4.79 Å². The van der Waals surface area contributed by atoms with Crippen LogP contribution in [-0.4, -0.2) is 54.6 Å². The molecule has 1 N–H and O–H groups in total. The van der Waals surface area contributed by atoms with Gasteiger partial charge in [0.2, 0.25) is 0 Å². The lowest BCUT2D eigenvalue weighted by Crippen LogP contribution is -2.52. The number of rotatable bonds is 4. The second-order valence-electron chi connectivity index (χ2n) is 5.83. The van der Waals surface area contributed by atoms with Crippen molar-refractivity contribution in [2.45, 2.75) is 39.7 Å². The molecule has 1 aliphatic heterocycles. The first kappa shape index (κ1) is 14.3. The Morgan fingerprint density at radius 1 is 1.53 bits per heavy atom. The van der Waals surface area contributed by atoms with Gasteiger partial charge in [-0.25, -0.2) is 4.79 Å². The molecule has 0 aromatic rings. The molecule has 0 spiro atoms. The molecule has 0 radical (unpaired) electrons. The molecule has 17 heavy (non-hydrogen) atoms. The molecule has 0 aromatic heterocycles. The molecular weight excluding hydrogens is 214 g/mol. The van der Waals surface area contributed by atoms with Crippen LogP contribution in [0.5, 0.6) is 0 Å². The quantitative estimate of drug-likeness (QED) is 0.814. The van der Waals surface area contributed by atoms with E-state index in [1.807, 2.05) is 4.90 Å². The fraction of sp³-hybridized carbons (Fsp3) is 0.923. The van der Waals surface area contributed by atoms with Gasteiger partial charge >= 0.3 is 6.03 Å². The summed E-state index contributed by atoms with van der Waals surface area (Å²) in [5.74, 6) is 0.645. The summed E-state index contributed by atoms with van der Waals surface area (Å²) in [6.07, 6.45) is 1.13. The predicted octanol–water partition coefficient (Wildman–Crippen LogP) is 1.77. The molecule has 4 nitrogen and oxygen atoms in total. The second-order valence-corrected chi connectivity index (χ2v) is 5.83. The van der Waals surface area contributed by atoms with Crippen molar-refractivity contribution < 1.29 is 4.79 Å². The lowest BCUT2D eigenvalue weighted by Gasteiger charge is -2.35. The van der Waals surface area contributed by atoms with Gasteiger partial charge in [-0.1, -0.05) is 13.8 Å². The van der Waals surface area contributed by atoms with E-state index < -0.39 is 0 Å². The highest BCUT2D eigenvalue weighted by atomic mass is 16.2. The lowest BCUT2D eigenvalue weighted by atomic mass is 10.0. The average Bonchev–Trinajstić information content (AvgIpc) is 2.71. The van der Waals surface area contributed by atoms with Gasteiger partial charge in [-0.3, -0.25) is 4.90 Å². The number of urea groups is 1. The zero-order valence-corrected chi connectivity index (χ0v) is 11.9. The Kier molecular flexibility index (Phi) is 4.80. The number of hydrogen-bond acceptors (Lipinski definition) is 2. The zero-order valence-electron chi connectivity index (χ0n) is 11.9. The smallest absolute Gasteiger partial charge is 0.317 e. The summed E-state index contributed by atoms with van der Waals surface area (Å²) in [5.41, 5.74) is 0.00967. The molecule has 1 rings (SSSR count). The number of carbonyl (C=O) groups excluding carboxylic acids is 1. The summed E-state index contributed by atoms with van der Waals surface area (Å²) in [5, 5.41) is 3.05. The van der Waals surface area contributed by atoms with Gasteiger partial charge in [0.1, 0.15) is 0 Å². The second kappa shape index (κ2) is 5.71. The van der Waals surface area contributed by atoms with Crippen LogP contribution < -0.4 is 5.32 Å². The van der Waals surface area contributed by atoms with E-state index in [-0.39, 0.29) is 11.6 Å². The normalized spacial score (nSPS) is 21.1. The maximum atomic E-state index is 11.9. The van der Waals surface area contributed by atoms with Gasteiger partial charge in [-0.15, -0.1) is 0 Å². The van der Waals surface area contributed by atoms with Crippen molar-refractivity contribution in [2.24, 2.45) is 5.92 Å². The van der Waals surface area contributed by atoms with Crippen LogP contribution >= 0.6 is 0 Å². The van der Waals surface area contributed by atoms with E-state index in [2.05, 4.69) is 45.0 Å². The average molecular weight is 241 g/mol. The van der Waals surface area contributed by atoms with Gasteiger partial charge in [-0.2, -0.15) is 0 Å². The van der Waals surface area contributed by atoms with Crippen LogP contribution in [0.4, 0.5) is 4.79 Å². The molecule has 1 heterocycles. The summed E-state index contributed by atoms with van der Waals surface area (Å²) < 4.78 is 0. The highest BCUT2D eigenvalue weighted by molar-refractivity contribution is 5.74. The molecule has 100 valence electrons. The Balaban J connectivity index is 2.37. The largest absolute Gasteiger partial charge is 0.336 e. The fourth-order valence-electron chi connectivity index (χ4n) is 2.09. The SMILES string of the molecule is CCN(C)C(C)(C)CNC(=O)N1CCC(C)C1. The molecular formula is C13H27N3O. The Morgan fingerprint density at radius 2 is 2.18 bits per heavy atom. The van der Waals surface area contributed by atoms with Crippen LogP contribution in [0, 0.1) is 5.92 Å². The topological polar surface area (TPSA) is 35.6 Å². The van der Waals surface area contributed by atoms with Crippen LogP contribution in [0.25, 0.3) is 0 Å². The summed E-state index contributed by atoms with van der Waals surface area (Å²) in [6.45, 7) is 12.1. The molecule has 2 amide bonds. The first-order chi connectivity index (χ1) is 7.86. The maximum absolute atomic E-state index is 11.9. The van der Waals surface area contributed by atoms with Crippen molar-refractivity contribution in [3.05, 3.63) is 0 Å². The first-order valence-electron chi connectivity index (χ1n) is 6.61. The predicted molar refractivity (Wildman–Crippen MR) is 71.1 cm³/mol. The van der Waals surface area contributed by atoms with Gasteiger partial charge < -0.3 is 10.2 Å². The minimum Gasteiger partial charge on any atom is -0.336 e. The fourth-order valence-corrected chi connectivity index (χ4v) is 2.09. The van der Waals surface area contributed by atoms with E-state index in [0.29, 0.717) is 12.5 Å². The number of nitrogens with one attached hydrogen (secondary N) is 1. The molecule has 1 unspecified atom stereocenters. The molecule has 1 atom stereocenters. The van der Waals surface area contributed by atoms with E-state index in [4.69, 9.17) is 0 Å². The third-order valence-corrected chi connectivity index (χ3v) is 3.89. The monoisotopic (exact) mass is 241 g/mol. The number of likely N-dealkylation sites (tertiary alicyclic amines) is 1. The lowest BCUT2D eigenvalue weighted by molar-refractivity contribution is 0.154. The molecule has 0 saturated carbocycles. The molecule has 1 saturated heterocycles. The number of carbonyl (C=O) groups is 1. The molecule has 4 heteroatoms. The standard InChI is InChI=1S/C13H27N3O/c1-6-15(5)13(3,4)10-14-12(17)16-8-7-11(2)9-16/h11H,6-10H2,1-5H3,(H,14,17). The van der Waals surface area contributed by atoms with Gasteiger partial charge in [-0.05, 0) is 39.8 Å². The summed E-state index contributed by atoms with van der Waals surface area (Å²) >= 11 is 0. The van der Waals surface area contributed by atoms with Crippen molar-refractivity contribution in [1.29, 1.82) is 0 Å². The third-order valence-electron chi connectivity index (χ3n) is 3.89. The van der Waals surface area contributed by atoms with E-state index in [1.165, 1.54) is 0 Å². The number of amides is 2. The van der Waals surface area contributed by atoms with Crippen molar-refractivity contribution in [3.63, 3.8) is 0 Å². The van der Waals surface area contributed by atoms with Crippen molar-refractivity contribution in [2.75, 3.05) is 33.2 Å². The van der Waals surface area contributed by atoms with Crippen molar-refractivity contribution >= 4 is 6.03 Å². The first-order valence-corrected chi connectivity index (χ1v) is 6.61. The van der Waals surface area contributed by atoms with Crippen LogP contribution in [0.2, 0.25) is 0 Å². The van der Waals surface area contributed by atoms with E-state index in [0.717, 1.165) is 26.1 Å². The molecule has 0 aromatic carbocycles. The van der Waals surface area contributed by atoms with Gasteiger partial charge in [0.05, 0.1) is 0 Å². The summed E-state index contributed by atoms with van der Waals surface area (Å²) in [6, 6.07) is 0.0897. The highest BCUT2D eigenvalue weighted by Gasteiger charge is 2.26. The number of likely N-dealkylation sites (N-methyl/N-ethyl adjacent to an activating group) is 1. The van der Waals surface area contributed by atoms with Crippen LogP contribution in [0.15, 0.2) is 0 Å². The highest BCUT2D eigenvalue weighted by Crippen LogP contribution is 2.15. The van der Waals surface area contributed by atoms with E-state index >= 15 is 0 Å². The van der Waals surface area contributed by atoms with Gasteiger partial charge in [0.15, 0.2) is 0 Å². The minimum atomic E-state index is 0.00967. The van der Waals surface area contributed by atoms with Gasteiger partial charge in [0.25, 0.3) is 0 Å². The molecule has 0 bridgehead atoms. The summed E-state index contributed by atoms with van der Waals surface area (Å²) in [7, 11) is 2.09. The Hall–Kier alpha value is -0.770. The van der Waals surface area contributed by atoms with Gasteiger partial charge in [0, 0.05) is 25.2 Å². The number of hydrogen-bond donors (Lipinski definition) is 1. The third kappa shape index (κ3) is 3.87. The Bertz CT molecular complexity index is 265. The van der Waals surface area contributed by atoms with Crippen molar-refractivity contribution in [1.82, 2.24) is 15.1 Å². The molecule has 1 fully saturated rings. The van der Waals surface area contributed by atoms with Crippen LogP contribution in [-0.2, 0) is 0 Å². The van der Waals surface area contributed by atoms with Crippen LogP contribution in [0.3, 0.4) is 0 Å². The van der Waals surface area contributed by atoms with E-state index in [1.54, 1.807) is 0 Å². The zero-order chi connectivity index (χ0) is 13.1. The van der Waals surface area contributed by atoms with Crippen LogP contribution in [0.1, 0.15) is 34.1 Å². The summed E-state index contributed by atoms with van der Waals surface area (Å²) in [4.78, 5) is 16.1.